The van der Waals surface area contributed by atoms with Crippen molar-refractivity contribution in [2.24, 2.45) is 10.4 Å². The Morgan fingerprint density at radius 3 is 2.80 bits per heavy atom. The third kappa shape index (κ3) is 3.92. The fourth-order valence-corrected chi connectivity index (χ4v) is 3.40. The van der Waals surface area contributed by atoms with Gasteiger partial charge < -0.3 is 10.1 Å². The van der Waals surface area contributed by atoms with Gasteiger partial charge in [-0.25, -0.2) is 0 Å². The van der Waals surface area contributed by atoms with Crippen LogP contribution in [0.3, 0.4) is 0 Å². The number of nitrogens with zero attached hydrogens (tertiary/aromatic N) is 1. The van der Waals surface area contributed by atoms with E-state index in [2.05, 4.69) is 42.0 Å². The summed E-state index contributed by atoms with van der Waals surface area (Å²) in [6.07, 6.45) is 1.14. The molecule has 0 fully saturated rings. The third-order valence-corrected chi connectivity index (χ3v) is 4.88. The number of anilines is 1. The molecule has 0 saturated heterocycles. The van der Waals surface area contributed by atoms with Gasteiger partial charge in [0.1, 0.15) is 5.75 Å². The number of hydrogen-bond donors (Lipinski definition) is 1. The molecular formula is C15H21BrN2OS. The lowest BCUT2D eigenvalue weighted by Crippen LogP contribution is -2.30. The SMILES string of the molecule is COc1cc(NC2=NC(C(C)(C)C)CCS2)ccc1Br. The van der Waals surface area contributed by atoms with Crippen molar-refractivity contribution < 1.29 is 4.74 Å². The van der Waals surface area contributed by atoms with Gasteiger partial charge in [-0.3, -0.25) is 4.99 Å². The van der Waals surface area contributed by atoms with Crippen molar-refractivity contribution in [2.45, 2.75) is 33.2 Å². The average molecular weight is 357 g/mol. The lowest BCUT2D eigenvalue weighted by molar-refractivity contribution is 0.316. The van der Waals surface area contributed by atoms with Gasteiger partial charge in [0.2, 0.25) is 0 Å². The van der Waals surface area contributed by atoms with E-state index in [4.69, 9.17) is 9.73 Å². The topological polar surface area (TPSA) is 33.6 Å². The van der Waals surface area contributed by atoms with E-state index in [-0.39, 0.29) is 5.41 Å². The maximum absolute atomic E-state index is 5.32. The Morgan fingerprint density at radius 2 is 2.15 bits per heavy atom. The van der Waals surface area contributed by atoms with E-state index in [9.17, 15) is 0 Å². The number of ether oxygens (including phenoxy) is 1. The van der Waals surface area contributed by atoms with Gasteiger partial charge >= 0.3 is 0 Å². The van der Waals surface area contributed by atoms with Gasteiger partial charge in [-0.1, -0.05) is 32.5 Å². The molecule has 1 aromatic carbocycles. The van der Waals surface area contributed by atoms with Crippen molar-refractivity contribution >= 4 is 38.5 Å². The van der Waals surface area contributed by atoms with Crippen LogP contribution in [0.2, 0.25) is 0 Å². The number of nitrogens with one attached hydrogen (secondary N) is 1. The predicted octanol–water partition coefficient (Wildman–Crippen LogP) is 4.78. The van der Waals surface area contributed by atoms with E-state index in [1.54, 1.807) is 18.9 Å². The first-order chi connectivity index (χ1) is 9.40. The quantitative estimate of drug-likeness (QED) is 0.827. The molecule has 0 aliphatic carbocycles. The van der Waals surface area contributed by atoms with Crippen molar-refractivity contribution in [2.75, 3.05) is 18.2 Å². The zero-order chi connectivity index (χ0) is 14.8. The molecule has 0 aromatic heterocycles. The van der Waals surface area contributed by atoms with Crippen LogP contribution in [0.4, 0.5) is 5.69 Å². The lowest BCUT2D eigenvalue weighted by atomic mass is 9.85. The van der Waals surface area contributed by atoms with Crippen molar-refractivity contribution in [3.05, 3.63) is 22.7 Å². The van der Waals surface area contributed by atoms with Crippen LogP contribution in [-0.4, -0.2) is 24.1 Å². The molecule has 1 heterocycles. The fraction of sp³-hybridized carbons (Fsp3) is 0.533. The van der Waals surface area contributed by atoms with Crippen LogP contribution in [0.1, 0.15) is 27.2 Å². The summed E-state index contributed by atoms with van der Waals surface area (Å²) in [5.41, 5.74) is 1.22. The highest BCUT2D eigenvalue weighted by Crippen LogP contribution is 2.32. The van der Waals surface area contributed by atoms with Crippen molar-refractivity contribution in [1.82, 2.24) is 0 Å². The van der Waals surface area contributed by atoms with Crippen LogP contribution >= 0.6 is 27.7 Å². The number of thioether (sulfide) groups is 1. The average Bonchev–Trinajstić information content (AvgIpc) is 2.40. The number of rotatable bonds is 2. The minimum absolute atomic E-state index is 0.214. The van der Waals surface area contributed by atoms with E-state index >= 15 is 0 Å². The molecular weight excluding hydrogens is 336 g/mol. The summed E-state index contributed by atoms with van der Waals surface area (Å²) < 4.78 is 6.27. The van der Waals surface area contributed by atoms with Gasteiger partial charge in [-0.05, 0) is 39.9 Å². The number of halogens is 1. The molecule has 2 rings (SSSR count). The maximum atomic E-state index is 5.32. The first kappa shape index (κ1) is 15.7. The molecule has 0 saturated carbocycles. The van der Waals surface area contributed by atoms with Crippen molar-refractivity contribution in [3.8, 4) is 5.75 Å². The molecule has 0 bridgehead atoms. The molecule has 0 amide bonds. The minimum atomic E-state index is 0.214. The molecule has 1 aliphatic rings. The summed E-state index contributed by atoms with van der Waals surface area (Å²) in [6, 6.07) is 6.37. The highest BCUT2D eigenvalue weighted by atomic mass is 79.9. The Labute approximate surface area is 133 Å². The number of aliphatic imine (C=N–C) groups is 1. The van der Waals surface area contributed by atoms with Crippen molar-refractivity contribution in [3.63, 3.8) is 0 Å². The number of amidine groups is 1. The Balaban J connectivity index is 2.15. The van der Waals surface area contributed by atoms with E-state index in [1.807, 2.05) is 18.2 Å². The van der Waals surface area contributed by atoms with Gasteiger partial charge in [0.05, 0.1) is 17.6 Å². The Bertz CT molecular complexity index is 511. The van der Waals surface area contributed by atoms with Crippen LogP contribution in [-0.2, 0) is 0 Å². The third-order valence-electron chi connectivity index (χ3n) is 3.31. The molecule has 3 nitrogen and oxygen atoms in total. The van der Waals surface area contributed by atoms with Gasteiger partial charge in [-0.2, -0.15) is 0 Å². The molecule has 1 aromatic rings. The largest absolute Gasteiger partial charge is 0.495 e. The molecule has 20 heavy (non-hydrogen) atoms. The van der Waals surface area contributed by atoms with Gasteiger partial charge in [0, 0.05) is 17.5 Å². The smallest absolute Gasteiger partial charge is 0.161 e. The fourth-order valence-electron chi connectivity index (χ4n) is 2.07. The Kier molecular flexibility index (Phi) is 5.02. The second-order valence-electron chi connectivity index (χ2n) is 5.93. The first-order valence-electron chi connectivity index (χ1n) is 6.71. The van der Waals surface area contributed by atoms with Crippen LogP contribution in [0.15, 0.2) is 27.7 Å². The maximum Gasteiger partial charge on any atom is 0.161 e. The summed E-state index contributed by atoms with van der Waals surface area (Å²) in [4.78, 5) is 4.84. The van der Waals surface area contributed by atoms with Crippen LogP contribution in [0, 0.1) is 5.41 Å². The normalized spacial score (nSPS) is 19.4. The number of methoxy groups -OCH3 is 1. The first-order valence-corrected chi connectivity index (χ1v) is 8.49. The Hall–Kier alpha value is -0.680. The van der Waals surface area contributed by atoms with Crippen LogP contribution < -0.4 is 10.1 Å². The van der Waals surface area contributed by atoms with E-state index < -0.39 is 0 Å². The van der Waals surface area contributed by atoms with E-state index in [0.717, 1.165) is 33.3 Å². The van der Waals surface area contributed by atoms with Gasteiger partial charge in [0.15, 0.2) is 5.17 Å². The van der Waals surface area contributed by atoms with Crippen molar-refractivity contribution in [1.29, 1.82) is 0 Å². The second-order valence-corrected chi connectivity index (χ2v) is 7.87. The molecule has 110 valence electrons. The minimum Gasteiger partial charge on any atom is -0.495 e. The van der Waals surface area contributed by atoms with E-state index in [0.29, 0.717) is 6.04 Å². The summed E-state index contributed by atoms with van der Waals surface area (Å²) >= 11 is 5.25. The molecule has 1 unspecified atom stereocenters. The highest BCUT2D eigenvalue weighted by molar-refractivity contribution is 9.10. The van der Waals surface area contributed by atoms with Crippen LogP contribution in [0.5, 0.6) is 5.75 Å². The number of benzene rings is 1. The highest BCUT2D eigenvalue weighted by Gasteiger charge is 2.27. The zero-order valence-electron chi connectivity index (χ0n) is 12.4. The summed E-state index contributed by atoms with van der Waals surface area (Å²) in [6.45, 7) is 6.74. The molecule has 1 N–H and O–H groups in total. The van der Waals surface area contributed by atoms with Gasteiger partial charge in [0.25, 0.3) is 0 Å². The monoisotopic (exact) mass is 356 g/mol. The predicted molar refractivity (Wildman–Crippen MR) is 92.1 cm³/mol. The summed E-state index contributed by atoms with van der Waals surface area (Å²) in [5, 5.41) is 4.40. The molecule has 1 atom stereocenters. The summed E-state index contributed by atoms with van der Waals surface area (Å²) in [7, 11) is 1.67. The van der Waals surface area contributed by atoms with Crippen LogP contribution in [0.25, 0.3) is 0 Å². The Morgan fingerprint density at radius 1 is 1.40 bits per heavy atom. The molecule has 5 heteroatoms. The lowest BCUT2D eigenvalue weighted by Gasteiger charge is -2.31. The molecule has 1 aliphatic heterocycles. The molecule has 0 spiro atoms. The second kappa shape index (κ2) is 6.39. The summed E-state index contributed by atoms with van der Waals surface area (Å²) in [5.74, 6) is 1.94. The zero-order valence-corrected chi connectivity index (χ0v) is 14.8. The van der Waals surface area contributed by atoms with E-state index in [1.165, 1.54) is 0 Å². The standard InChI is InChI=1S/C15H21BrN2OS/c1-15(2,3)13-7-8-20-14(18-13)17-10-5-6-11(16)12(9-10)19-4/h5-6,9,13H,7-8H2,1-4H3,(H,17,18). The van der Waals surface area contributed by atoms with Gasteiger partial charge in [-0.15, -0.1) is 0 Å². The number of hydrogen-bond acceptors (Lipinski definition) is 4. The molecule has 0 radical (unpaired) electrons.